The van der Waals surface area contributed by atoms with Crippen LogP contribution in [0, 0.1) is 0 Å². The summed E-state index contributed by atoms with van der Waals surface area (Å²) in [4.78, 5) is 25.0. The SMILES string of the molecule is O=C(Cc1ccc(-n2cnnn2)cc1)Nc1cccc(Cn2nc3ccccn3c2=O)c1. The number of benzene rings is 2. The van der Waals surface area contributed by atoms with Crippen molar-refractivity contribution in [2.24, 2.45) is 0 Å². The van der Waals surface area contributed by atoms with Crippen LogP contribution in [0.15, 0.2) is 84.0 Å². The van der Waals surface area contributed by atoms with Gasteiger partial charge in [-0.25, -0.2) is 14.2 Å². The van der Waals surface area contributed by atoms with Crippen LogP contribution in [0.1, 0.15) is 11.1 Å². The van der Waals surface area contributed by atoms with Crippen LogP contribution in [-0.4, -0.2) is 40.3 Å². The second-order valence-corrected chi connectivity index (χ2v) is 7.22. The third kappa shape index (κ3) is 4.01. The summed E-state index contributed by atoms with van der Waals surface area (Å²) in [7, 11) is 0. The fraction of sp³-hybridized carbons (Fsp3) is 0.0909. The molecule has 3 heterocycles. The number of fused-ring (bicyclic) bond motifs is 1. The summed E-state index contributed by atoms with van der Waals surface area (Å²) >= 11 is 0. The van der Waals surface area contributed by atoms with Gasteiger partial charge in [-0.05, 0) is 58.0 Å². The van der Waals surface area contributed by atoms with Gasteiger partial charge in [0.2, 0.25) is 5.91 Å². The van der Waals surface area contributed by atoms with E-state index in [1.54, 1.807) is 23.0 Å². The summed E-state index contributed by atoms with van der Waals surface area (Å²) in [5.41, 5.74) is 3.59. The van der Waals surface area contributed by atoms with E-state index >= 15 is 0 Å². The summed E-state index contributed by atoms with van der Waals surface area (Å²) in [5, 5.41) is 18.3. The molecule has 5 aromatic rings. The van der Waals surface area contributed by atoms with E-state index in [2.05, 4.69) is 25.9 Å². The molecular formula is C22H18N8O2. The van der Waals surface area contributed by atoms with E-state index in [0.29, 0.717) is 17.9 Å². The first-order chi connectivity index (χ1) is 15.7. The minimum Gasteiger partial charge on any atom is -0.326 e. The van der Waals surface area contributed by atoms with Gasteiger partial charge in [-0.2, -0.15) is 0 Å². The first-order valence-electron chi connectivity index (χ1n) is 9.91. The zero-order chi connectivity index (χ0) is 21.9. The van der Waals surface area contributed by atoms with E-state index < -0.39 is 0 Å². The molecule has 0 aliphatic heterocycles. The molecule has 10 nitrogen and oxygen atoms in total. The molecule has 0 bridgehead atoms. The Morgan fingerprint density at radius 3 is 2.62 bits per heavy atom. The molecule has 158 valence electrons. The number of amides is 1. The van der Waals surface area contributed by atoms with Crippen LogP contribution in [0.2, 0.25) is 0 Å². The van der Waals surface area contributed by atoms with Gasteiger partial charge in [-0.3, -0.25) is 9.20 Å². The smallest absolute Gasteiger partial charge is 0.326 e. The van der Waals surface area contributed by atoms with Crippen LogP contribution in [0.5, 0.6) is 0 Å². The van der Waals surface area contributed by atoms with Gasteiger partial charge in [-0.1, -0.05) is 30.3 Å². The van der Waals surface area contributed by atoms with Crippen molar-refractivity contribution in [3.63, 3.8) is 0 Å². The van der Waals surface area contributed by atoms with Gasteiger partial charge in [0.25, 0.3) is 0 Å². The highest BCUT2D eigenvalue weighted by Crippen LogP contribution is 2.13. The molecule has 32 heavy (non-hydrogen) atoms. The number of hydrogen-bond donors (Lipinski definition) is 1. The average molecular weight is 426 g/mol. The van der Waals surface area contributed by atoms with Gasteiger partial charge in [0.05, 0.1) is 18.7 Å². The van der Waals surface area contributed by atoms with Crippen molar-refractivity contribution in [1.82, 2.24) is 34.4 Å². The van der Waals surface area contributed by atoms with Crippen LogP contribution in [0.3, 0.4) is 0 Å². The molecular weight excluding hydrogens is 408 g/mol. The predicted molar refractivity (Wildman–Crippen MR) is 116 cm³/mol. The fourth-order valence-corrected chi connectivity index (χ4v) is 3.43. The molecule has 5 rings (SSSR count). The third-order valence-electron chi connectivity index (χ3n) is 4.95. The number of hydrogen-bond acceptors (Lipinski definition) is 6. The van der Waals surface area contributed by atoms with E-state index in [1.807, 2.05) is 54.6 Å². The number of carbonyl (C=O) groups is 1. The second-order valence-electron chi connectivity index (χ2n) is 7.22. The van der Waals surface area contributed by atoms with Gasteiger partial charge in [0, 0.05) is 11.9 Å². The Kier molecular flexibility index (Phi) is 5.00. The lowest BCUT2D eigenvalue weighted by Crippen LogP contribution is -2.21. The molecule has 1 N–H and O–H groups in total. The number of tetrazole rings is 1. The van der Waals surface area contributed by atoms with Crippen molar-refractivity contribution in [3.05, 3.63) is 101 Å². The van der Waals surface area contributed by atoms with Crippen molar-refractivity contribution in [3.8, 4) is 5.69 Å². The van der Waals surface area contributed by atoms with E-state index in [4.69, 9.17) is 0 Å². The standard InChI is InChI=1S/C22H18N8O2/c31-21(13-16-7-9-19(10-8-16)30-15-23-26-27-30)24-18-5-3-4-17(12-18)14-29-22(32)28-11-2-1-6-20(28)25-29/h1-12,15H,13-14H2,(H,24,31). The molecule has 2 aromatic carbocycles. The molecule has 0 spiro atoms. The number of carbonyl (C=O) groups excluding carboxylic acids is 1. The lowest BCUT2D eigenvalue weighted by molar-refractivity contribution is -0.115. The number of aromatic nitrogens is 7. The topological polar surface area (TPSA) is 112 Å². The molecule has 1 amide bonds. The van der Waals surface area contributed by atoms with Crippen molar-refractivity contribution in [1.29, 1.82) is 0 Å². The fourth-order valence-electron chi connectivity index (χ4n) is 3.43. The van der Waals surface area contributed by atoms with E-state index in [0.717, 1.165) is 16.8 Å². The Morgan fingerprint density at radius 1 is 0.969 bits per heavy atom. The van der Waals surface area contributed by atoms with Crippen LogP contribution < -0.4 is 11.0 Å². The highest BCUT2D eigenvalue weighted by atomic mass is 16.2. The Morgan fingerprint density at radius 2 is 1.84 bits per heavy atom. The van der Waals surface area contributed by atoms with Gasteiger partial charge >= 0.3 is 5.69 Å². The molecule has 0 radical (unpaired) electrons. The molecule has 0 atom stereocenters. The number of pyridine rings is 1. The Balaban J connectivity index is 1.25. The molecule has 3 aromatic heterocycles. The summed E-state index contributed by atoms with van der Waals surface area (Å²) in [6.45, 7) is 0.308. The van der Waals surface area contributed by atoms with Gasteiger partial charge < -0.3 is 5.32 Å². The van der Waals surface area contributed by atoms with Crippen molar-refractivity contribution in [2.75, 3.05) is 5.32 Å². The quantitative estimate of drug-likeness (QED) is 0.442. The average Bonchev–Trinajstić information content (AvgIpc) is 3.44. The Hall–Kier alpha value is -4.60. The van der Waals surface area contributed by atoms with Gasteiger partial charge in [-0.15, -0.1) is 10.2 Å². The van der Waals surface area contributed by atoms with Crippen LogP contribution in [-0.2, 0) is 17.8 Å². The van der Waals surface area contributed by atoms with Crippen LogP contribution >= 0.6 is 0 Å². The van der Waals surface area contributed by atoms with Crippen LogP contribution in [0.25, 0.3) is 11.3 Å². The summed E-state index contributed by atoms with van der Waals surface area (Å²) in [6.07, 6.45) is 3.42. The maximum Gasteiger partial charge on any atom is 0.350 e. The monoisotopic (exact) mass is 426 g/mol. The number of nitrogens with one attached hydrogen (secondary N) is 1. The minimum atomic E-state index is -0.208. The van der Waals surface area contributed by atoms with Crippen molar-refractivity contribution >= 4 is 17.2 Å². The van der Waals surface area contributed by atoms with Gasteiger partial charge in [0.1, 0.15) is 6.33 Å². The number of nitrogens with zero attached hydrogens (tertiary/aromatic N) is 7. The lowest BCUT2D eigenvalue weighted by Gasteiger charge is -2.08. The van der Waals surface area contributed by atoms with Crippen molar-refractivity contribution < 1.29 is 4.79 Å². The number of rotatable bonds is 6. The summed E-state index contributed by atoms with van der Waals surface area (Å²) < 4.78 is 4.45. The normalized spacial score (nSPS) is 11.0. The Labute approximate surface area is 181 Å². The molecule has 0 unspecified atom stereocenters. The minimum absolute atomic E-state index is 0.137. The number of anilines is 1. The summed E-state index contributed by atoms with van der Waals surface area (Å²) in [6, 6.07) is 20.2. The maximum atomic E-state index is 12.5. The largest absolute Gasteiger partial charge is 0.350 e. The van der Waals surface area contributed by atoms with Crippen molar-refractivity contribution in [2.45, 2.75) is 13.0 Å². The highest BCUT2D eigenvalue weighted by Gasteiger charge is 2.09. The molecule has 0 fully saturated rings. The summed E-state index contributed by atoms with van der Waals surface area (Å²) in [5.74, 6) is -0.137. The first-order valence-corrected chi connectivity index (χ1v) is 9.91. The molecule has 0 aliphatic carbocycles. The molecule has 0 saturated carbocycles. The molecule has 0 saturated heterocycles. The molecule has 10 heteroatoms. The second kappa shape index (κ2) is 8.26. The van der Waals surface area contributed by atoms with Gasteiger partial charge in [0.15, 0.2) is 5.65 Å². The third-order valence-corrected chi connectivity index (χ3v) is 4.95. The van der Waals surface area contributed by atoms with E-state index in [-0.39, 0.29) is 18.0 Å². The first kappa shape index (κ1) is 19.4. The zero-order valence-corrected chi connectivity index (χ0v) is 16.9. The van der Waals surface area contributed by atoms with E-state index in [9.17, 15) is 9.59 Å². The predicted octanol–water partition coefficient (Wildman–Crippen LogP) is 1.70. The molecule has 0 aliphatic rings. The maximum absolute atomic E-state index is 12.5. The Bertz CT molecular complexity index is 1440. The van der Waals surface area contributed by atoms with E-state index in [1.165, 1.54) is 15.4 Å². The zero-order valence-electron chi connectivity index (χ0n) is 16.9. The van der Waals surface area contributed by atoms with Crippen LogP contribution in [0.4, 0.5) is 5.69 Å². The lowest BCUT2D eigenvalue weighted by atomic mass is 10.1. The highest BCUT2D eigenvalue weighted by molar-refractivity contribution is 5.92.